The number of hydrogen-bond acceptors (Lipinski definition) is 4. The minimum absolute atomic E-state index is 0.192. The summed E-state index contributed by atoms with van der Waals surface area (Å²) in [6.45, 7) is 5.42. The highest BCUT2D eigenvalue weighted by atomic mass is 15.1. The molecular weight excluding hydrogens is 248 g/mol. The molecule has 1 aliphatic heterocycles. The van der Waals surface area contributed by atoms with Gasteiger partial charge in [-0.3, -0.25) is 0 Å². The molecule has 1 aliphatic rings. The molecule has 20 heavy (non-hydrogen) atoms. The second-order valence-corrected chi connectivity index (χ2v) is 5.96. The van der Waals surface area contributed by atoms with Gasteiger partial charge in [0.15, 0.2) is 0 Å². The maximum Gasteiger partial charge on any atom is 0.137 e. The van der Waals surface area contributed by atoms with E-state index in [4.69, 9.17) is 0 Å². The van der Waals surface area contributed by atoms with Crippen molar-refractivity contribution >= 4 is 5.82 Å². The lowest BCUT2D eigenvalue weighted by Crippen LogP contribution is -2.31. The van der Waals surface area contributed by atoms with Crippen molar-refractivity contribution in [3.8, 4) is 11.1 Å². The summed E-state index contributed by atoms with van der Waals surface area (Å²) in [5.41, 5.74) is 2.39. The molecule has 104 valence electrons. The summed E-state index contributed by atoms with van der Waals surface area (Å²) in [5, 5.41) is 7.07. The van der Waals surface area contributed by atoms with Gasteiger partial charge in [0, 0.05) is 29.9 Å². The fourth-order valence-electron chi connectivity index (χ4n) is 2.73. The number of nitrogens with one attached hydrogen (secondary N) is 2. The molecule has 0 spiro atoms. The largest absolute Gasteiger partial charge is 0.365 e. The lowest BCUT2D eigenvalue weighted by atomic mass is 10.0. The van der Waals surface area contributed by atoms with E-state index in [1.54, 1.807) is 6.33 Å². The highest BCUT2D eigenvalue weighted by molar-refractivity contribution is 5.74. The second-order valence-electron chi connectivity index (χ2n) is 5.96. The van der Waals surface area contributed by atoms with Crippen LogP contribution >= 0.6 is 0 Å². The smallest absolute Gasteiger partial charge is 0.137 e. The Bertz CT molecular complexity index is 580. The van der Waals surface area contributed by atoms with Gasteiger partial charge in [-0.15, -0.1) is 0 Å². The predicted molar refractivity (Wildman–Crippen MR) is 81.6 cm³/mol. The number of aromatic nitrogens is 2. The molecule has 1 aromatic carbocycles. The van der Waals surface area contributed by atoms with Crippen LogP contribution in [0.1, 0.15) is 20.3 Å². The zero-order chi connectivity index (χ0) is 14.0. The molecule has 1 atom stereocenters. The van der Waals surface area contributed by atoms with Crippen molar-refractivity contribution in [3.63, 3.8) is 0 Å². The molecule has 2 aromatic rings. The van der Waals surface area contributed by atoms with E-state index >= 15 is 0 Å². The van der Waals surface area contributed by atoms with Gasteiger partial charge in [-0.05, 0) is 25.8 Å². The Labute approximate surface area is 119 Å². The quantitative estimate of drug-likeness (QED) is 0.898. The van der Waals surface area contributed by atoms with Gasteiger partial charge in [0.1, 0.15) is 12.1 Å². The zero-order valence-electron chi connectivity index (χ0n) is 11.9. The van der Waals surface area contributed by atoms with E-state index in [-0.39, 0.29) is 5.54 Å². The monoisotopic (exact) mass is 268 g/mol. The van der Waals surface area contributed by atoms with Crippen LogP contribution in [-0.2, 0) is 0 Å². The first-order valence-electron chi connectivity index (χ1n) is 7.01. The van der Waals surface area contributed by atoms with E-state index in [1.807, 2.05) is 24.4 Å². The second kappa shape index (κ2) is 5.21. The average Bonchev–Trinajstić information content (AvgIpc) is 2.79. The van der Waals surface area contributed by atoms with Crippen LogP contribution < -0.4 is 10.6 Å². The van der Waals surface area contributed by atoms with Crippen LogP contribution in [-0.4, -0.2) is 28.1 Å². The number of rotatable bonds is 3. The minimum atomic E-state index is 0.192. The van der Waals surface area contributed by atoms with Crippen LogP contribution in [0.2, 0.25) is 0 Å². The summed E-state index contributed by atoms with van der Waals surface area (Å²) < 4.78 is 0. The Morgan fingerprint density at radius 3 is 2.75 bits per heavy atom. The fourth-order valence-corrected chi connectivity index (χ4v) is 2.73. The molecule has 1 fully saturated rings. The topological polar surface area (TPSA) is 49.8 Å². The number of hydrogen-bond donors (Lipinski definition) is 2. The first-order valence-corrected chi connectivity index (χ1v) is 7.01. The van der Waals surface area contributed by atoms with Crippen molar-refractivity contribution in [1.29, 1.82) is 0 Å². The maximum absolute atomic E-state index is 4.42. The van der Waals surface area contributed by atoms with E-state index in [1.165, 1.54) is 0 Å². The van der Waals surface area contributed by atoms with Crippen LogP contribution in [0.15, 0.2) is 42.9 Å². The summed E-state index contributed by atoms with van der Waals surface area (Å²) in [6, 6.07) is 10.7. The lowest BCUT2D eigenvalue weighted by Gasteiger charge is -2.18. The van der Waals surface area contributed by atoms with Gasteiger partial charge in [-0.2, -0.15) is 0 Å². The lowest BCUT2D eigenvalue weighted by molar-refractivity contribution is 0.457. The molecule has 1 saturated heterocycles. The number of nitrogens with zero attached hydrogens (tertiary/aromatic N) is 2. The van der Waals surface area contributed by atoms with Crippen molar-refractivity contribution in [2.75, 3.05) is 11.9 Å². The Hall–Kier alpha value is -1.94. The van der Waals surface area contributed by atoms with Crippen LogP contribution in [0.5, 0.6) is 0 Å². The summed E-state index contributed by atoms with van der Waals surface area (Å²) in [7, 11) is 0. The van der Waals surface area contributed by atoms with E-state index < -0.39 is 0 Å². The minimum Gasteiger partial charge on any atom is -0.365 e. The number of benzene rings is 1. The van der Waals surface area contributed by atoms with Crippen molar-refractivity contribution in [1.82, 2.24) is 15.3 Å². The third kappa shape index (κ3) is 2.80. The van der Waals surface area contributed by atoms with Gasteiger partial charge in [-0.25, -0.2) is 9.97 Å². The van der Waals surface area contributed by atoms with Gasteiger partial charge in [0.25, 0.3) is 0 Å². The first kappa shape index (κ1) is 13.1. The van der Waals surface area contributed by atoms with Crippen LogP contribution in [0, 0.1) is 0 Å². The summed E-state index contributed by atoms with van der Waals surface area (Å²) in [4.78, 5) is 8.57. The van der Waals surface area contributed by atoms with Crippen molar-refractivity contribution in [3.05, 3.63) is 42.9 Å². The Morgan fingerprint density at radius 2 is 2.05 bits per heavy atom. The molecule has 4 heteroatoms. The average molecular weight is 268 g/mol. The zero-order valence-corrected chi connectivity index (χ0v) is 11.9. The van der Waals surface area contributed by atoms with Gasteiger partial charge >= 0.3 is 0 Å². The van der Waals surface area contributed by atoms with Crippen LogP contribution in [0.25, 0.3) is 11.1 Å². The summed E-state index contributed by atoms with van der Waals surface area (Å²) >= 11 is 0. The molecule has 2 heterocycles. The third-order valence-electron chi connectivity index (χ3n) is 3.72. The van der Waals surface area contributed by atoms with Gasteiger partial charge < -0.3 is 10.6 Å². The standard InChI is InChI=1S/C16H20N4/c1-16(2)8-13(9-19-16)20-15-14(10-17-11-18-15)12-6-4-3-5-7-12/h3-7,10-11,13,19H,8-9H2,1-2H3,(H,17,18,20). The number of anilines is 1. The van der Waals surface area contributed by atoms with Crippen molar-refractivity contribution < 1.29 is 0 Å². The SMILES string of the molecule is CC1(C)CC(Nc2ncncc2-c2ccccc2)CN1. The fraction of sp³-hybridized carbons (Fsp3) is 0.375. The Morgan fingerprint density at radius 1 is 1.25 bits per heavy atom. The molecular formula is C16H20N4. The first-order chi connectivity index (χ1) is 9.64. The molecule has 4 nitrogen and oxygen atoms in total. The molecule has 1 aromatic heterocycles. The highest BCUT2D eigenvalue weighted by Gasteiger charge is 2.30. The van der Waals surface area contributed by atoms with E-state index in [2.05, 4.69) is 46.6 Å². The normalized spacial score (nSPS) is 20.8. The van der Waals surface area contributed by atoms with Gasteiger partial charge in [0.05, 0.1) is 0 Å². The summed E-state index contributed by atoms with van der Waals surface area (Å²) in [6.07, 6.45) is 4.56. The van der Waals surface area contributed by atoms with Crippen molar-refractivity contribution in [2.24, 2.45) is 0 Å². The summed E-state index contributed by atoms with van der Waals surface area (Å²) in [5.74, 6) is 0.913. The molecule has 0 amide bonds. The molecule has 3 rings (SSSR count). The molecule has 0 aliphatic carbocycles. The van der Waals surface area contributed by atoms with Crippen molar-refractivity contribution in [2.45, 2.75) is 31.8 Å². The molecule has 0 saturated carbocycles. The molecule has 0 radical (unpaired) electrons. The maximum atomic E-state index is 4.42. The predicted octanol–water partition coefficient (Wildman–Crippen LogP) is 2.70. The highest BCUT2D eigenvalue weighted by Crippen LogP contribution is 2.27. The third-order valence-corrected chi connectivity index (χ3v) is 3.72. The van der Waals surface area contributed by atoms with E-state index in [0.717, 1.165) is 29.9 Å². The van der Waals surface area contributed by atoms with Gasteiger partial charge in [0.2, 0.25) is 0 Å². The van der Waals surface area contributed by atoms with Crippen LogP contribution in [0.4, 0.5) is 5.82 Å². The molecule has 2 N–H and O–H groups in total. The van der Waals surface area contributed by atoms with Crippen LogP contribution in [0.3, 0.4) is 0 Å². The Kier molecular flexibility index (Phi) is 3.40. The van der Waals surface area contributed by atoms with E-state index in [0.29, 0.717) is 6.04 Å². The molecule has 0 bridgehead atoms. The van der Waals surface area contributed by atoms with E-state index in [9.17, 15) is 0 Å². The Balaban J connectivity index is 1.84. The van der Waals surface area contributed by atoms with Gasteiger partial charge in [-0.1, -0.05) is 30.3 Å². The molecule has 1 unspecified atom stereocenters.